The molecule has 4 heteroatoms. The van der Waals surface area contributed by atoms with Gasteiger partial charge in [-0.15, -0.1) is 0 Å². The van der Waals surface area contributed by atoms with Crippen molar-refractivity contribution < 1.29 is 9.90 Å². The van der Waals surface area contributed by atoms with Crippen molar-refractivity contribution in [2.75, 3.05) is 0 Å². The molecule has 0 radical (unpaired) electrons. The number of aliphatic hydroxyl groups is 1. The lowest BCUT2D eigenvalue weighted by Gasteiger charge is -2.26. The molecule has 1 amide bonds. The zero-order valence-electron chi connectivity index (χ0n) is 11.9. The lowest BCUT2D eigenvalue weighted by Crippen LogP contribution is -2.28. The Morgan fingerprint density at radius 1 is 1.30 bits per heavy atom. The number of rotatable bonds is 3. The summed E-state index contributed by atoms with van der Waals surface area (Å²) in [6, 6.07) is 9.86. The fraction of sp³-hybridized carbons (Fsp3) is 0.312. The maximum absolute atomic E-state index is 12.3. The van der Waals surface area contributed by atoms with Crippen LogP contribution in [0.3, 0.4) is 0 Å². The van der Waals surface area contributed by atoms with Crippen LogP contribution in [0.25, 0.3) is 0 Å². The van der Waals surface area contributed by atoms with Crippen LogP contribution in [0, 0.1) is 0 Å². The largest absolute Gasteiger partial charge is 0.386 e. The molecule has 106 valence electrons. The van der Waals surface area contributed by atoms with Crippen molar-refractivity contribution >= 4 is 28.5 Å². The quantitative estimate of drug-likeness (QED) is 0.813. The van der Waals surface area contributed by atoms with Crippen LogP contribution in [0.2, 0.25) is 0 Å². The van der Waals surface area contributed by atoms with Crippen LogP contribution >= 0.6 is 22.6 Å². The van der Waals surface area contributed by atoms with E-state index in [1.165, 1.54) is 0 Å². The van der Waals surface area contributed by atoms with E-state index in [0.717, 1.165) is 14.8 Å². The third-order valence-corrected chi connectivity index (χ3v) is 3.74. The Hall–Kier alpha value is -1.14. The summed E-state index contributed by atoms with van der Waals surface area (Å²) in [5, 5.41) is 10.3. The van der Waals surface area contributed by atoms with Crippen LogP contribution in [0.15, 0.2) is 51.3 Å². The molecule has 0 atom stereocenters. The van der Waals surface area contributed by atoms with Gasteiger partial charge in [0.25, 0.3) is 5.91 Å². The smallest absolute Gasteiger partial charge is 0.251 e. The summed E-state index contributed by atoms with van der Waals surface area (Å²) in [5.41, 5.74) is 1.56. The van der Waals surface area contributed by atoms with E-state index in [4.69, 9.17) is 0 Å². The molecule has 0 aliphatic carbocycles. The topological polar surface area (TPSA) is 40.5 Å². The Bertz CT molecular complexity index is 578. The maximum atomic E-state index is 12.3. The number of nitrogens with zero attached hydrogens (tertiary/aromatic N) is 1. The van der Waals surface area contributed by atoms with Crippen molar-refractivity contribution in [1.82, 2.24) is 4.90 Å². The molecule has 1 aromatic rings. The van der Waals surface area contributed by atoms with E-state index in [2.05, 4.69) is 22.6 Å². The van der Waals surface area contributed by atoms with E-state index in [1.54, 1.807) is 24.8 Å². The summed E-state index contributed by atoms with van der Waals surface area (Å²) in [5.74, 6) is -0.0722. The molecule has 0 saturated heterocycles. The van der Waals surface area contributed by atoms with Crippen LogP contribution < -0.4 is 0 Å². The first kappa shape index (κ1) is 15.3. The molecule has 0 aromatic heterocycles. The van der Waals surface area contributed by atoms with Gasteiger partial charge in [-0.1, -0.05) is 30.3 Å². The number of carbonyl (C=O) groups is 1. The zero-order valence-corrected chi connectivity index (χ0v) is 14.0. The van der Waals surface area contributed by atoms with Crippen molar-refractivity contribution in [3.05, 3.63) is 56.8 Å². The summed E-state index contributed by atoms with van der Waals surface area (Å²) in [6.45, 7) is 5.88. The molecule has 2 rings (SSSR count). The predicted octanol–water partition coefficient (Wildman–Crippen LogP) is 3.39. The van der Waals surface area contributed by atoms with Gasteiger partial charge in [-0.3, -0.25) is 4.79 Å². The highest BCUT2D eigenvalue weighted by atomic mass is 127. The van der Waals surface area contributed by atoms with Gasteiger partial charge in [-0.2, -0.15) is 0 Å². The Morgan fingerprint density at radius 3 is 2.40 bits per heavy atom. The molecular weight excluding hydrogens is 365 g/mol. The Balaban J connectivity index is 2.37. The molecule has 1 aliphatic heterocycles. The second-order valence-electron chi connectivity index (χ2n) is 5.41. The average molecular weight is 383 g/mol. The van der Waals surface area contributed by atoms with Gasteiger partial charge in [0.1, 0.15) is 0 Å². The standard InChI is InChI=1S/C16H18INO2/c1-11(17)15-13(16(2,3)20)9-14(19)18(15)10-12-7-5-4-6-8-12/h4-9,20H,10H2,1-3H3/b15-11+. The van der Waals surface area contributed by atoms with Crippen molar-refractivity contribution in [1.29, 1.82) is 0 Å². The first-order valence-electron chi connectivity index (χ1n) is 6.47. The molecular formula is C16H18INO2. The van der Waals surface area contributed by atoms with Crippen LogP contribution in [0.1, 0.15) is 26.3 Å². The van der Waals surface area contributed by atoms with E-state index < -0.39 is 5.60 Å². The van der Waals surface area contributed by atoms with E-state index in [9.17, 15) is 9.90 Å². The van der Waals surface area contributed by atoms with Gasteiger partial charge in [0, 0.05) is 15.2 Å². The van der Waals surface area contributed by atoms with Gasteiger partial charge < -0.3 is 10.0 Å². The maximum Gasteiger partial charge on any atom is 0.251 e. The van der Waals surface area contributed by atoms with E-state index in [1.807, 2.05) is 37.3 Å². The molecule has 1 N–H and O–H groups in total. The van der Waals surface area contributed by atoms with Gasteiger partial charge in [0.15, 0.2) is 0 Å². The molecule has 1 heterocycles. The normalized spacial score (nSPS) is 18.4. The monoisotopic (exact) mass is 383 g/mol. The first-order valence-corrected chi connectivity index (χ1v) is 7.55. The lowest BCUT2D eigenvalue weighted by molar-refractivity contribution is -0.123. The second kappa shape index (κ2) is 5.69. The van der Waals surface area contributed by atoms with E-state index in [0.29, 0.717) is 12.1 Å². The summed E-state index contributed by atoms with van der Waals surface area (Å²) < 4.78 is 0.998. The summed E-state index contributed by atoms with van der Waals surface area (Å²) in [4.78, 5) is 14.0. The van der Waals surface area contributed by atoms with Crippen LogP contribution in [-0.4, -0.2) is 21.5 Å². The fourth-order valence-electron chi connectivity index (χ4n) is 2.29. The number of hydrogen-bond acceptors (Lipinski definition) is 2. The van der Waals surface area contributed by atoms with Crippen LogP contribution in [-0.2, 0) is 11.3 Å². The molecule has 0 bridgehead atoms. The van der Waals surface area contributed by atoms with Gasteiger partial charge in [0.05, 0.1) is 17.8 Å². The highest BCUT2D eigenvalue weighted by Gasteiger charge is 2.35. The molecule has 0 spiro atoms. The van der Waals surface area contributed by atoms with Gasteiger partial charge in [-0.05, 0) is 48.9 Å². The summed E-state index contributed by atoms with van der Waals surface area (Å²) in [7, 11) is 0. The van der Waals surface area contributed by atoms with Crippen molar-refractivity contribution in [2.45, 2.75) is 32.9 Å². The highest BCUT2D eigenvalue weighted by molar-refractivity contribution is 14.1. The Labute approximate surface area is 133 Å². The number of halogens is 1. The molecule has 0 saturated carbocycles. The van der Waals surface area contributed by atoms with Crippen LogP contribution in [0.5, 0.6) is 0 Å². The average Bonchev–Trinajstić information content (AvgIpc) is 2.68. The number of amides is 1. The highest BCUT2D eigenvalue weighted by Crippen LogP contribution is 2.36. The van der Waals surface area contributed by atoms with Crippen molar-refractivity contribution in [3.8, 4) is 0 Å². The minimum atomic E-state index is -1.02. The van der Waals surface area contributed by atoms with Gasteiger partial charge >= 0.3 is 0 Å². The molecule has 20 heavy (non-hydrogen) atoms. The predicted molar refractivity (Wildman–Crippen MR) is 88.1 cm³/mol. The Kier molecular flexibility index (Phi) is 4.34. The van der Waals surface area contributed by atoms with Gasteiger partial charge in [0.2, 0.25) is 0 Å². The van der Waals surface area contributed by atoms with E-state index in [-0.39, 0.29) is 5.91 Å². The first-order chi connectivity index (χ1) is 9.30. The number of carbonyl (C=O) groups excluding carboxylic acids is 1. The van der Waals surface area contributed by atoms with Crippen molar-refractivity contribution in [2.24, 2.45) is 0 Å². The number of allylic oxidation sites excluding steroid dienone is 1. The molecule has 1 aromatic carbocycles. The molecule has 0 unspecified atom stereocenters. The third kappa shape index (κ3) is 3.12. The molecule has 3 nitrogen and oxygen atoms in total. The third-order valence-electron chi connectivity index (χ3n) is 3.23. The molecule has 0 fully saturated rings. The summed E-state index contributed by atoms with van der Waals surface area (Å²) in [6.07, 6.45) is 1.54. The Morgan fingerprint density at radius 2 is 1.90 bits per heavy atom. The number of hydrogen-bond donors (Lipinski definition) is 1. The number of benzene rings is 1. The lowest BCUT2D eigenvalue weighted by atomic mass is 9.96. The SMILES string of the molecule is C/C(I)=C1/C(C(C)(C)O)=CC(=O)N1Cc1ccccc1. The molecule has 1 aliphatic rings. The minimum absolute atomic E-state index is 0.0722. The van der Waals surface area contributed by atoms with Crippen molar-refractivity contribution in [3.63, 3.8) is 0 Å². The fourth-order valence-corrected chi connectivity index (χ4v) is 2.87. The van der Waals surface area contributed by atoms with Crippen LogP contribution in [0.4, 0.5) is 0 Å². The summed E-state index contributed by atoms with van der Waals surface area (Å²) >= 11 is 2.20. The minimum Gasteiger partial charge on any atom is -0.386 e. The second-order valence-corrected chi connectivity index (χ2v) is 7.03. The zero-order chi connectivity index (χ0) is 14.9. The van der Waals surface area contributed by atoms with E-state index >= 15 is 0 Å². The van der Waals surface area contributed by atoms with Gasteiger partial charge in [-0.25, -0.2) is 0 Å².